The van der Waals surface area contributed by atoms with Crippen molar-refractivity contribution in [2.24, 2.45) is 0 Å². The summed E-state index contributed by atoms with van der Waals surface area (Å²) in [7, 11) is 0. The fourth-order valence-electron chi connectivity index (χ4n) is 2.00. The van der Waals surface area contributed by atoms with Crippen molar-refractivity contribution < 1.29 is 0 Å². The fraction of sp³-hybridized carbons (Fsp3) is 0.200. The number of hydrogen-bond acceptors (Lipinski definition) is 0. The lowest BCUT2D eigenvalue weighted by Crippen LogP contribution is -1.91. The summed E-state index contributed by atoms with van der Waals surface area (Å²) in [4.78, 5) is 0. The van der Waals surface area contributed by atoms with Crippen LogP contribution >= 0.6 is 0 Å². The highest BCUT2D eigenvalue weighted by atomic mass is 14.1. The molecule has 0 radical (unpaired) electrons. The Hall–Kier alpha value is -2.44. The molecule has 0 aliphatic rings. The molecule has 0 saturated heterocycles. The first-order valence-electron chi connectivity index (χ1n) is 6.73. The molecule has 2 rings (SSSR count). The average molecular weight is 258 g/mol. The first-order chi connectivity index (χ1) is 9.61. The molecular formula is C20H18. The quantitative estimate of drug-likeness (QED) is 0.615. The Morgan fingerprint density at radius 1 is 0.650 bits per heavy atom. The van der Waals surface area contributed by atoms with Crippen LogP contribution in [0.2, 0.25) is 0 Å². The Morgan fingerprint density at radius 3 is 1.75 bits per heavy atom. The van der Waals surface area contributed by atoms with Crippen LogP contribution < -0.4 is 0 Å². The zero-order chi connectivity index (χ0) is 14.5. The summed E-state index contributed by atoms with van der Waals surface area (Å²) >= 11 is 0. The van der Waals surface area contributed by atoms with E-state index in [0.717, 1.165) is 16.7 Å². The molecule has 2 aromatic rings. The summed E-state index contributed by atoms with van der Waals surface area (Å²) in [5.74, 6) is 12.6. The molecule has 0 bridgehead atoms. The molecule has 0 heterocycles. The molecule has 2 aromatic carbocycles. The van der Waals surface area contributed by atoms with Gasteiger partial charge in [-0.05, 0) is 63.1 Å². The van der Waals surface area contributed by atoms with Crippen LogP contribution in [0, 0.1) is 44.5 Å². The van der Waals surface area contributed by atoms with Gasteiger partial charge in [0.05, 0.1) is 0 Å². The van der Waals surface area contributed by atoms with Gasteiger partial charge in [-0.3, -0.25) is 0 Å². The molecule has 0 N–H and O–H groups in total. The normalized spacial score (nSPS) is 9.20. The van der Waals surface area contributed by atoms with Gasteiger partial charge in [0.25, 0.3) is 0 Å². The van der Waals surface area contributed by atoms with E-state index >= 15 is 0 Å². The first-order valence-corrected chi connectivity index (χ1v) is 6.73. The predicted molar refractivity (Wildman–Crippen MR) is 85.6 cm³/mol. The number of benzene rings is 2. The smallest absolute Gasteiger partial charge is 0.0281 e. The van der Waals surface area contributed by atoms with Gasteiger partial charge in [0.1, 0.15) is 0 Å². The van der Waals surface area contributed by atoms with Crippen LogP contribution in [0.15, 0.2) is 36.4 Å². The third kappa shape index (κ3) is 3.11. The van der Waals surface area contributed by atoms with Crippen LogP contribution in [-0.4, -0.2) is 0 Å². The maximum Gasteiger partial charge on any atom is 0.0281 e. The molecule has 0 aliphatic heterocycles. The Balaban J connectivity index is 2.37. The minimum absolute atomic E-state index is 1.05. The summed E-state index contributed by atoms with van der Waals surface area (Å²) in [5, 5.41) is 0. The lowest BCUT2D eigenvalue weighted by atomic mass is 9.98. The van der Waals surface area contributed by atoms with E-state index in [1.165, 1.54) is 16.7 Å². The van der Waals surface area contributed by atoms with Gasteiger partial charge in [-0.25, -0.2) is 0 Å². The molecule has 0 aromatic heterocycles. The summed E-state index contributed by atoms with van der Waals surface area (Å²) in [5.41, 5.74) is 6.89. The molecule has 0 unspecified atom stereocenters. The van der Waals surface area contributed by atoms with E-state index in [9.17, 15) is 0 Å². The Kier molecular flexibility index (Phi) is 4.29. The minimum atomic E-state index is 1.05. The zero-order valence-corrected chi connectivity index (χ0v) is 12.5. The third-order valence-corrected chi connectivity index (χ3v) is 3.44. The van der Waals surface area contributed by atoms with E-state index in [1.54, 1.807) is 0 Å². The molecular weight excluding hydrogens is 240 g/mol. The van der Waals surface area contributed by atoms with Crippen molar-refractivity contribution in [1.82, 2.24) is 0 Å². The largest absolute Gasteiger partial charge is 0.101 e. The minimum Gasteiger partial charge on any atom is -0.101 e. The van der Waals surface area contributed by atoms with Gasteiger partial charge < -0.3 is 0 Å². The molecule has 20 heavy (non-hydrogen) atoms. The topological polar surface area (TPSA) is 0 Å². The van der Waals surface area contributed by atoms with Crippen molar-refractivity contribution in [1.29, 1.82) is 0 Å². The Morgan fingerprint density at radius 2 is 1.20 bits per heavy atom. The molecule has 0 aliphatic carbocycles. The van der Waals surface area contributed by atoms with Crippen molar-refractivity contribution in [3.63, 3.8) is 0 Å². The highest BCUT2D eigenvalue weighted by Crippen LogP contribution is 2.16. The van der Waals surface area contributed by atoms with Gasteiger partial charge in [-0.15, -0.1) is 5.92 Å². The van der Waals surface area contributed by atoms with Gasteiger partial charge in [0.15, 0.2) is 0 Å². The summed E-state index contributed by atoms with van der Waals surface area (Å²) in [6.45, 7) is 8.15. The van der Waals surface area contributed by atoms with E-state index < -0.39 is 0 Å². The maximum absolute atomic E-state index is 3.26. The van der Waals surface area contributed by atoms with E-state index in [0.29, 0.717) is 0 Å². The number of aryl methyl sites for hydroxylation is 1. The highest BCUT2D eigenvalue weighted by Gasteiger charge is 2.02. The highest BCUT2D eigenvalue weighted by molar-refractivity contribution is 5.54. The van der Waals surface area contributed by atoms with E-state index in [2.05, 4.69) is 80.9 Å². The second-order valence-electron chi connectivity index (χ2n) is 4.90. The molecule has 0 spiro atoms. The van der Waals surface area contributed by atoms with E-state index in [1.807, 2.05) is 6.92 Å². The van der Waals surface area contributed by atoms with Crippen molar-refractivity contribution in [3.05, 3.63) is 69.8 Å². The summed E-state index contributed by atoms with van der Waals surface area (Å²) in [6, 6.07) is 12.4. The molecule has 0 nitrogen and oxygen atoms in total. The second-order valence-corrected chi connectivity index (χ2v) is 4.90. The molecule has 98 valence electrons. The summed E-state index contributed by atoms with van der Waals surface area (Å²) in [6.07, 6.45) is 0. The fourth-order valence-corrected chi connectivity index (χ4v) is 2.00. The maximum atomic E-state index is 3.26. The van der Waals surface area contributed by atoms with E-state index in [4.69, 9.17) is 0 Å². The number of hydrogen-bond donors (Lipinski definition) is 0. The lowest BCUT2D eigenvalue weighted by Gasteiger charge is -2.05. The predicted octanol–water partition coefficient (Wildman–Crippen LogP) is 4.38. The Labute approximate surface area is 121 Å². The third-order valence-electron chi connectivity index (χ3n) is 3.44. The van der Waals surface area contributed by atoms with Crippen LogP contribution in [0.1, 0.15) is 40.3 Å². The van der Waals surface area contributed by atoms with Crippen molar-refractivity contribution >= 4 is 0 Å². The molecule has 0 amide bonds. The molecule has 0 fully saturated rings. The average Bonchev–Trinajstić information content (AvgIpc) is 2.45. The van der Waals surface area contributed by atoms with Crippen LogP contribution in [0.3, 0.4) is 0 Å². The van der Waals surface area contributed by atoms with Gasteiger partial charge in [0.2, 0.25) is 0 Å². The van der Waals surface area contributed by atoms with Gasteiger partial charge in [-0.2, -0.15) is 0 Å². The molecule has 0 atom stereocenters. The van der Waals surface area contributed by atoms with Crippen LogP contribution in [0.25, 0.3) is 0 Å². The van der Waals surface area contributed by atoms with Crippen molar-refractivity contribution in [2.75, 3.05) is 0 Å². The molecule has 0 saturated carbocycles. The number of rotatable bonds is 0. The van der Waals surface area contributed by atoms with Crippen molar-refractivity contribution in [3.8, 4) is 23.7 Å². The first kappa shape index (κ1) is 14.0. The van der Waals surface area contributed by atoms with Crippen LogP contribution in [0.5, 0.6) is 0 Å². The second kappa shape index (κ2) is 6.14. The summed E-state index contributed by atoms with van der Waals surface area (Å²) < 4.78 is 0. The van der Waals surface area contributed by atoms with Gasteiger partial charge >= 0.3 is 0 Å². The SMILES string of the molecule is CC#Cc1ccc(C#Cc2ccc(C)cc2)c(C)c1C. The lowest BCUT2D eigenvalue weighted by molar-refractivity contribution is 1.30. The monoisotopic (exact) mass is 258 g/mol. The standard InChI is InChI=1S/C20H18/c1-5-6-19-13-14-20(17(4)16(19)3)12-11-18-9-7-15(2)8-10-18/h7-10,13-14H,1-4H3. The van der Waals surface area contributed by atoms with Gasteiger partial charge in [0, 0.05) is 16.7 Å². The Bertz CT molecular complexity index is 739. The van der Waals surface area contributed by atoms with Gasteiger partial charge in [-0.1, -0.05) is 35.5 Å². The van der Waals surface area contributed by atoms with E-state index in [-0.39, 0.29) is 0 Å². The zero-order valence-electron chi connectivity index (χ0n) is 12.5. The van der Waals surface area contributed by atoms with Crippen molar-refractivity contribution in [2.45, 2.75) is 27.7 Å². The molecule has 0 heteroatoms. The van der Waals surface area contributed by atoms with Crippen LogP contribution in [-0.2, 0) is 0 Å². The van der Waals surface area contributed by atoms with Crippen LogP contribution in [0.4, 0.5) is 0 Å².